The number of carbonyl (C=O) groups is 2. The maximum absolute atomic E-state index is 13.4. The van der Waals surface area contributed by atoms with Crippen molar-refractivity contribution in [1.82, 2.24) is 10.2 Å². The van der Waals surface area contributed by atoms with E-state index in [-0.39, 0.29) is 34.1 Å². The molecule has 0 radical (unpaired) electrons. The molecule has 0 heterocycles. The lowest BCUT2D eigenvalue weighted by molar-refractivity contribution is -0.139. The fourth-order valence-corrected chi connectivity index (χ4v) is 4.20. The van der Waals surface area contributed by atoms with E-state index in [2.05, 4.69) is 5.32 Å². The van der Waals surface area contributed by atoms with Crippen LogP contribution in [0.1, 0.15) is 26.3 Å². The molecule has 180 valence electrons. The zero-order chi connectivity index (χ0) is 24.8. The number of carbonyl (C=O) groups excluding carboxylic acids is 2. The zero-order valence-electron chi connectivity index (χ0n) is 19.1. The Balaban J connectivity index is 2.36. The molecular formula is C23H29Cl2N3O4S. The smallest absolute Gasteiger partial charge is 0.244 e. The van der Waals surface area contributed by atoms with E-state index < -0.39 is 28.5 Å². The van der Waals surface area contributed by atoms with Gasteiger partial charge in [-0.25, -0.2) is 8.42 Å². The first-order chi connectivity index (χ1) is 15.4. The molecule has 1 N–H and O–H groups in total. The van der Waals surface area contributed by atoms with Gasteiger partial charge in [-0.15, -0.1) is 0 Å². The summed E-state index contributed by atoms with van der Waals surface area (Å²) in [6.07, 6.45) is 1.00. The molecule has 0 aromatic heterocycles. The van der Waals surface area contributed by atoms with Crippen molar-refractivity contribution in [2.75, 3.05) is 23.7 Å². The monoisotopic (exact) mass is 513 g/mol. The molecule has 2 rings (SSSR count). The van der Waals surface area contributed by atoms with Gasteiger partial charge in [-0.1, -0.05) is 67.4 Å². The Labute approximate surface area is 205 Å². The van der Waals surface area contributed by atoms with Crippen LogP contribution in [0.25, 0.3) is 0 Å². The molecule has 0 aliphatic rings. The van der Waals surface area contributed by atoms with E-state index in [1.807, 2.05) is 44.2 Å². The van der Waals surface area contributed by atoms with Crippen LogP contribution in [0, 0.1) is 5.92 Å². The molecule has 0 spiro atoms. The number of sulfonamides is 1. The number of nitrogens with one attached hydrogen (secondary N) is 1. The Bertz CT molecular complexity index is 1080. The number of hydrogen-bond donors (Lipinski definition) is 1. The highest BCUT2D eigenvalue weighted by Gasteiger charge is 2.30. The normalized spacial score (nSPS) is 12.3. The SMILES string of the molecule is CC(C)CNC(=O)[C@H](C)N(Cc1ccccc1)C(=O)CN(c1ccc(Cl)c(Cl)c1)S(C)(=O)=O. The lowest BCUT2D eigenvalue weighted by Crippen LogP contribution is -2.51. The Hall–Kier alpha value is -2.29. The van der Waals surface area contributed by atoms with Crippen LogP contribution in [0.5, 0.6) is 0 Å². The van der Waals surface area contributed by atoms with Gasteiger partial charge in [-0.2, -0.15) is 0 Å². The molecule has 0 aliphatic carbocycles. The van der Waals surface area contributed by atoms with Gasteiger partial charge in [0.2, 0.25) is 21.8 Å². The molecule has 1 atom stereocenters. The van der Waals surface area contributed by atoms with Gasteiger partial charge in [-0.05, 0) is 36.6 Å². The molecule has 33 heavy (non-hydrogen) atoms. The van der Waals surface area contributed by atoms with Crippen molar-refractivity contribution in [3.05, 3.63) is 64.1 Å². The molecule has 2 aromatic carbocycles. The Morgan fingerprint density at radius 3 is 2.18 bits per heavy atom. The van der Waals surface area contributed by atoms with Crippen molar-refractivity contribution < 1.29 is 18.0 Å². The summed E-state index contributed by atoms with van der Waals surface area (Å²) in [6.45, 7) is 5.69. The standard InChI is InChI=1S/C23H29Cl2N3O4S/c1-16(2)13-26-23(30)17(3)27(14-18-8-6-5-7-9-18)22(29)15-28(33(4,31)32)19-10-11-20(24)21(25)12-19/h5-12,16-17H,13-15H2,1-4H3,(H,26,30)/t17-/m0/s1. The molecule has 2 aromatic rings. The fourth-order valence-electron chi connectivity index (χ4n) is 3.07. The minimum Gasteiger partial charge on any atom is -0.354 e. The predicted octanol–water partition coefficient (Wildman–Crippen LogP) is 3.95. The van der Waals surface area contributed by atoms with Crippen molar-refractivity contribution in [1.29, 1.82) is 0 Å². The average molecular weight is 514 g/mol. The minimum absolute atomic E-state index is 0.148. The second kappa shape index (κ2) is 11.7. The number of nitrogens with zero attached hydrogens (tertiary/aromatic N) is 2. The van der Waals surface area contributed by atoms with E-state index in [4.69, 9.17) is 23.2 Å². The van der Waals surface area contributed by atoms with Crippen LogP contribution < -0.4 is 9.62 Å². The molecule has 0 aliphatic heterocycles. The van der Waals surface area contributed by atoms with Gasteiger partial charge in [0.05, 0.1) is 22.0 Å². The average Bonchev–Trinajstić information content (AvgIpc) is 2.75. The Kier molecular flexibility index (Phi) is 9.57. The van der Waals surface area contributed by atoms with Crippen LogP contribution >= 0.6 is 23.2 Å². The lowest BCUT2D eigenvalue weighted by Gasteiger charge is -2.31. The van der Waals surface area contributed by atoms with Crippen molar-refractivity contribution in [3.8, 4) is 0 Å². The summed E-state index contributed by atoms with van der Waals surface area (Å²) in [4.78, 5) is 27.5. The van der Waals surface area contributed by atoms with Gasteiger partial charge in [-0.3, -0.25) is 13.9 Å². The predicted molar refractivity (Wildman–Crippen MR) is 133 cm³/mol. The Morgan fingerprint density at radius 1 is 1.00 bits per heavy atom. The van der Waals surface area contributed by atoms with E-state index >= 15 is 0 Å². The molecule has 0 saturated heterocycles. The quantitative estimate of drug-likeness (QED) is 0.520. The summed E-state index contributed by atoms with van der Waals surface area (Å²) in [5.74, 6) is -0.592. The highest BCUT2D eigenvalue weighted by atomic mass is 35.5. The van der Waals surface area contributed by atoms with E-state index in [1.165, 1.54) is 23.1 Å². The molecule has 0 fully saturated rings. The van der Waals surface area contributed by atoms with E-state index in [0.29, 0.717) is 6.54 Å². The van der Waals surface area contributed by atoms with Crippen molar-refractivity contribution in [2.24, 2.45) is 5.92 Å². The van der Waals surface area contributed by atoms with Crippen LogP contribution in [0.2, 0.25) is 10.0 Å². The maximum Gasteiger partial charge on any atom is 0.244 e. The largest absolute Gasteiger partial charge is 0.354 e. The summed E-state index contributed by atoms with van der Waals surface area (Å²) in [5, 5.41) is 3.26. The van der Waals surface area contributed by atoms with Gasteiger partial charge in [0.1, 0.15) is 12.6 Å². The van der Waals surface area contributed by atoms with Crippen molar-refractivity contribution in [3.63, 3.8) is 0 Å². The van der Waals surface area contributed by atoms with Crippen molar-refractivity contribution in [2.45, 2.75) is 33.4 Å². The lowest BCUT2D eigenvalue weighted by atomic mass is 10.1. The molecule has 2 amide bonds. The molecule has 7 nitrogen and oxygen atoms in total. The molecule has 0 bridgehead atoms. The number of amides is 2. The summed E-state index contributed by atoms with van der Waals surface area (Å²) in [5.41, 5.74) is 1.02. The van der Waals surface area contributed by atoms with Crippen LogP contribution in [-0.2, 0) is 26.2 Å². The third kappa shape index (κ3) is 7.91. The van der Waals surface area contributed by atoms with Gasteiger partial charge in [0.25, 0.3) is 0 Å². The first kappa shape index (κ1) is 27.0. The molecule has 0 unspecified atom stereocenters. The third-order valence-electron chi connectivity index (χ3n) is 4.92. The second-order valence-corrected chi connectivity index (χ2v) is 10.9. The number of benzene rings is 2. The summed E-state index contributed by atoms with van der Waals surface area (Å²) in [6, 6.07) is 12.7. The van der Waals surface area contributed by atoms with Crippen LogP contribution in [-0.4, -0.2) is 50.5 Å². The van der Waals surface area contributed by atoms with Gasteiger partial charge in [0, 0.05) is 13.1 Å². The number of hydrogen-bond acceptors (Lipinski definition) is 4. The second-order valence-electron chi connectivity index (χ2n) is 8.19. The first-order valence-corrected chi connectivity index (χ1v) is 13.0. The number of rotatable bonds is 10. The minimum atomic E-state index is -3.83. The maximum atomic E-state index is 13.4. The number of anilines is 1. The summed E-state index contributed by atoms with van der Waals surface area (Å²) >= 11 is 12.0. The zero-order valence-corrected chi connectivity index (χ0v) is 21.4. The highest BCUT2D eigenvalue weighted by Crippen LogP contribution is 2.28. The van der Waals surface area contributed by atoms with Crippen LogP contribution in [0.4, 0.5) is 5.69 Å². The van der Waals surface area contributed by atoms with Gasteiger partial charge >= 0.3 is 0 Å². The van der Waals surface area contributed by atoms with Crippen LogP contribution in [0.3, 0.4) is 0 Å². The fraction of sp³-hybridized carbons (Fsp3) is 0.391. The van der Waals surface area contributed by atoms with E-state index in [1.54, 1.807) is 6.92 Å². The first-order valence-electron chi connectivity index (χ1n) is 10.4. The topological polar surface area (TPSA) is 86.8 Å². The molecule has 0 saturated carbocycles. The van der Waals surface area contributed by atoms with E-state index in [0.717, 1.165) is 16.1 Å². The Morgan fingerprint density at radius 2 is 1.64 bits per heavy atom. The third-order valence-corrected chi connectivity index (χ3v) is 6.80. The van der Waals surface area contributed by atoms with Crippen LogP contribution in [0.15, 0.2) is 48.5 Å². The molecule has 10 heteroatoms. The summed E-state index contributed by atoms with van der Waals surface area (Å²) < 4.78 is 26.0. The van der Waals surface area contributed by atoms with Gasteiger partial charge in [0.15, 0.2) is 0 Å². The van der Waals surface area contributed by atoms with Crippen molar-refractivity contribution >= 4 is 50.7 Å². The number of halogens is 2. The van der Waals surface area contributed by atoms with Gasteiger partial charge < -0.3 is 10.2 Å². The van der Waals surface area contributed by atoms with E-state index in [9.17, 15) is 18.0 Å². The molecular weight excluding hydrogens is 485 g/mol. The summed E-state index contributed by atoms with van der Waals surface area (Å²) in [7, 11) is -3.83. The highest BCUT2D eigenvalue weighted by molar-refractivity contribution is 7.92.